The summed E-state index contributed by atoms with van der Waals surface area (Å²) < 4.78 is 39.4. The quantitative estimate of drug-likeness (QED) is 0.177. The van der Waals surface area contributed by atoms with Crippen LogP contribution in [0.4, 0.5) is 0 Å². The van der Waals surface area contributed by atoms with E-state index >= 15 is 4.79 Å². The number of carbonyl (C=O) groups excluding carboxylic acids is 7. The van der Waals surface area contributed by atoms with Gasteiger partial charge in [-0.3, -0.25) is 19.2 Å². The second kappa shape index (κ2) is 13.3. The van der Waals surface area contributed by atoms with Crippen molar-refractivity contribution in [3.05, 3.63) is 47.5 Å². The lowest BCUT2D eigenvalue weighted by Gasteiger charge is -2.67. The summed E-state index contributed by atoms with van der Waals surface area (Å²) in [6.07, 6.45) is -2.87. The van der Waals surface area contributed by atoms with Crippen LogP contribution in [-0.2, 0) is 62.0 Å². The van der Waals surface area contributed by atoms with Crippen LogP contribution in [0.2, 0.25) is 0 Å². The first-order valence-corrected chi connectivity index (χ1v) is 16.9. The SMILES string of the molecule is C/C=C/C(=O)O[C@H]1C(C)(C)[C@H]([C@@H](OC(C)=O)C(=O)OC)[C@]2(C)C(=O)[C@@]1(O)[C@@H](OC(C)=O)C1=C3[C@@H](OC(C)=O)C(=O)O[C@@H](c4ccoc4)[C@]3(C)CC[C@@H]12. The number of carbonyl (C=O) groups is 7. The van der Waals surface area contributed by atoms with E-state index in [1.54, 1.807) is 13.0 Å². The van der Waals surface area contributed by atoms with Gasteiger partial charge >= 0.3 is 35.8 Å². The second-order valence-corrected chi connectivity index (χ2v) is 14.8. The fraction of sp³-hybridized carbons (Fsp3) is 0.595. The van der Waals surface area contributed by atoms with E-state index in [9.17, 15) is 33.9 Å². The van der Waals surface area contributed by atoms with Gasteiger partial charge in [0.2, 0.25) is 17.8 Å². The molecule has 0 aromatic carbocycles. The van der Waals surface area contributed by atoms with Crippen molar-refractivity contribution in [3.8, 4) is 0 Å². The summed E-state index contributed by atoms with van der Waals surface area (Å²) in [6, 6.07) is 1.59. The predicted octanol–water partition coefficient (Wildman–Crippen LogP) is 3.02. The molecule has 15 heteroatoms. The third-order valence-corrected chi connectivity index (χ3v) is 11.3. The molecule has 1 aromatic rings. The van der Waals surface area contributed by atoms with Gasteiger partial charge in [-0.05, 0) is 42.9 Å². The largest absolute Gasteiger partial charge is 0.472 e. The van der Waals surface area contributed by atoms with Crippen molar-refractivity contribution in [3.63, 3.8) is 0 Å². The van der Waals surface area contributed by atoms with E-state index in [0.29, 0.717) is 5.56 Å². The fourth-order valence-corrected chi connectivity index (χ4v) is 9.65. The molecule has 3 aliphatic carbocycles. The van der Waals surface area contributed by atoms with Crippen molar-refractivity contribution in [2.24, 2.45) is 28.1 Å². The topological polar surface area (TPSA) is 208 Å². The highest BCUT2D eigenvalue weighted by atomic mass is 16.6. The molecule has 52 heavy (non-hydrogen) atoms. The van der Waals surface area contributed by atoms with Crippen LogP contribution in [0.3, 0.4) is 0 Å². The first-order chi connectivity index (χ1) is 24.2. The maximum Gasteiger partial charge on any atom is 0.352 e. The molecular formula is C37H44O15. The van der Waals surface area contributed by atoms with Gasteiger partial charge in [-0.15, -0.1) is 0 Å². The van der Waals surface area contributed by atoms with E-state index in [1.165, 1.54) is 46.3 Å². The standard InChI is InChI=1S/C37H44O15/c1-10-11-22(41)51-33-34(5,6)27(26(30(42)46-9)49-18(3)39)36(8)21-12-14-35(7)24(23(21)29(50-19(4)40)37(33,45)32(36)44)25(48-17(2)38)31(43)52-28(35)20-13-15-47-16-20/h10-11,13,15-16,21,25-29,33,45H,12,14H2,1-9H3/b11-10+/t21-,25+,26+,27-,28-,29-,33-,35+,36+,37-/m0/s1. The maximum atomic E-state index is 15.3. The number of rotatable bonds is 8. The monoisotopic (exact) mass is 728 g/mol. The van der Waals surface area contributed by atoms with Crippen molar-refractivity contribution in [1.82, 2.24) is 0 Å². The van der Waals surface area contributed by atoms with Gasteiger partial charge in [0.15, 0.2) is 11.9 Å². The molecule has 0 unspecified atom stereocenters. The van der Waals surface area contributed by atoms with Crippen molar-refractivity contribution in [2.75, 3.05) is 7.11 Å². The minimum absolute atomic E-state index is 0.0453. The van der Waals surface area contributed by atoms with Crippen LogP contribution in [-0.4, -0.2) is 83.8 Å². The fourth-order valence-electron chi connectivity index (χ4n) is 9.65. The Kier molecular flexibility index (Phi) is 9.85. The highest BCUT2D eigenvalue weighted by Gasteiger charge is 2.80. The Morgan fingerprint density at radius 2 is 1.63 bits per heavy atom. The third kappa shape index (κ3) is 5.64. The van der Waals surface area contributed by atoms with Crippen molar-refractivity contribution in [2.45, 2.75) is 104 Å². The van der Waals surface area contributed by atoms with E-state index < -0.39 is 106 Å². The smallest absolute Gasteiger partial charge is 0.352 e. The minimum Gasteiger partial charge on any atom is -0.472 e. The summed E-state index contributed by atoms with van der Waals surface area (Å²) in [7, 11) is 1.07. The molecule has 15 nitrogen and oxygen atoms in total. The van der Waals surface area contributed by atoms with Crippen LogP contribution >= 0.6 is 0 Å². The molecular weight excluding hydrogens is 684 g/mol. The summed E-state index contributed by atoms with van der Waals surface area (Å²) in [5.74, 6) is -9.08. The number of Topliss-reactive ketones (excluding diaryl/α,β-unsaturated/α-hetero) is 1. The Morgan fingerprint density at radius 1 is 0.981 bits per heavy atom. The van der Waals surface area contributed by atoms with Crippen molar-refractivity contribution >= 4 is 41.6 Å². The van der Waals surface area contributed by atoms with Crippen LogP contribution in [0.25, 0.3) is 0 Å². The molecule has 10 atom stereocenters. The summed E-state index contributed by atoms with van der Waals surface area (Å²) in [4.78, 5) is 94.3. The second-order valence-electron chi connectivity index (χ2n) is 14.8. The summed E-state index contributed by atoms with van der Waals surface area (Å²) >= 11 is 0. The van der Waals surface area contributed by atoms with E-state index in [4.69, 9.17) is 32.8 Å². The number of aliphatic hydroxyl groups is 1. The average molecular weight is 729 g/mol. The number of hydrogen-bond donors (Lipinski definition) is 1. The number of methoxy groups -OCH3 is 1. The average Bonchev–Trinajstić information content (AvgIpc) is 3.59. The lowest BCUT2D eigenvalue weighted by atomic mass is 9.38. The Balaban J connectivity index is 1.96. The number of ketones is 1. The van der Waals surface area contributed by atoms with Crippen LogP contribution in [0.5, 0.6) is 0 Å². The molecule has 0 spiro atoms. The van der Waals surface area contributed by atoms with E-state index in [2.05, 4.69) is 0 Å². The first kappa shape index (κ1) is 38.4. The Morgan fingerprint density at radius 3 is 2.17 bits per heavy atom. The van der Waals surface area contributed by atoms with Crippen molar-refractivity contribution in [1.29, 1.82) is 0 Å². The van der Waals surface area contributed by atoms with Crippen molar-refractivity contribution < 1.29 is 71.5 Å². The van der Waals surface area contributed by atoms with E-state index in [0.717, 1.165) is 34.0 Å². The predicted molar refractivity (Wildman–Crippen MR) is 174 cm³/mol. The van der Waals surface area contributed by atoms with Crippen LogP contribution in [0.1, 0.15) is 79.9 Å². The summed E-state index contributed by atoms with van der Waals surface area (Å²) in [5, 5.41) is 13.1. The van der Waals surface area contributed by atoms with Gasteiger partial charge in [-0.2, -0.15) is 0 Å². The van der Waals surface area contributed by atoms with Gasteiger partial charge < -0.3 is 37.9 Å². The normalized spacial score (nSPS) is 35.3. The zero-order chi connectivity index (χ0) is 38.7. The van der Waals surface area contributed by atoms with E-state index in [-0.39, 0.29) is 24.0 Å². The molecule has 1 aromatic heterocycles. The third-order valence-electron chi connectivity index (χ3n) is 11.3. The number of furan rings is 1. The Labute approximate surface area is 299 Å². The van der Waals surface area contributed by atoms with E-state index in [1.807, 2.05) is 0 Å². The number of esters is 6. The molecule has 2 heterocycles. The highest BCUT2D eigenvalue weighted by Crippen LogP contribution is 2.69. The molecule has 0 radical (unpaired) electrons. The number of fused-ring (bicyclic) bond motifs is 5. The van der Waals surface area contributed by atoms with Crippen LogP contribution in [0.15, 0.2) is 46.3 Å². The Bertz CT molecular complexity index is 1750. The molecule has 2 saturated carbocycles. The molecule has 0 amide bonds. The molecule has 1 N–H and O–H groups in total. The molecule has 1 aliphatic heterocycles. The summed E-state index contributed by atoms with van der Waals surface area (Å²) in [6.45, 7) is 11.1. The molecule has 5 rings (SSSR count). The number of allylic oxidation sites excluding steroid dienone is 1. The molecule has 2 bridgehead atoms. The lowest BCUT2D eigenvalue weighted by molar-refractivity contribution is -0.267. The van der Waals surface area contributed by atoms with Gasteiger partial charge in [0, 0.05) is 54.6 Å². The van der Waals surface area contributed by atoms with Gasteiger partial charge in [-0.1, -0.05) is 33.8 Å². The number of cyclic esters (lactones) is 1. The van der Waals surface area contributed by atoms with Gasteiger partial charge in [0.1, 0.15) is 12.2 Å². The zero-order valence-electron chi connectivity index (χ0n) is 30.5. The number of ether oxygens (including phenoxy) is 6. The van der Waals surface area contributed by atoms with Crippen LogP contribution in [0, 0.1) is 28.1 Å². The minimum atomic E-state index is -2.88. The zero-order valence-corrected chi connectivity index (χ0v) is 30.5. The number of hydrogen-bond acceptors (Lipinski definition) is 15. The highest BCUT2D eigenvalue weighted by molar-refractivity contribution is 6.00. The Hall–Kier alpha value is -4.79. The molecule has 3 fully saturated rings. The maximum absolute atomic E-state index is 15.3. The molecule has 282 valence electrons. The molecule has 1 saturated heterocycles. The van der Waals surface area contributed by atoms with Gasteiger partial charge in [0.05, 0.1) is 19.6 Å². The molecule has 4 aliphatic rings. The lowest BCUT2D eigenvalue weighted by Crippen LogP contribution is -2.81. The van der Waals surface area contributed by atoms with Crippen LogP contribution < -0.4 is 0 Å². The van der Waals surface area contributed by atoms with Gasteiger partial charge in [-0.25, -0.2) is 14.4 Å². The van der Waals surface area contributed by atoms with Gasteiger partial charge in [0.25, 0.3) is 0 Å². The first-order valence-electron chi connectivity index (χ1n) is 16.9. The summed E-state index contributed by atoms with van der Waals surface area (Å²) in [5.41, 5.74) is -7.01.